The molecule has 0 spiro atoms. The van der Waals surface area contributed by atoms with Gasteiger partial charge in [-0.2, -0.15) is 0 Å². The third kappa shape index (κ3) is 3.26. The van der Waals surface area contributed by atoms with Gasteiger partial charge in [0.1, 0.15) is 6.04 Å². The van der Waals surface area contributed by atoms with Crippen LogP contribution in [0.2, 0.25) is 0 Å². The Bertz CT molecular complexity index is 766. The SMILES string of the molecule is CC1=CN(S(=O)(=O)c2ccc([N+](=O)[O-])cc2)[C@@H](C(C)C)C(=O)C1. The van der Waals surface area contributed by atoms with E-state index in [4.69, 9.17) is 0 Å². The maximum Gasteiger partial charge on any atom is 0.269 e. The van der Waals surface area contributed by atoms with E-state index in [-0.39, 0.29) is 28.7 Å². The lowest BCUT2D eigenvalue weighted by Gasteiger charge is -2.35. The van der Waals surface area contributed by atoms with Crippen molar-refractivity contribution < 1.29 is 18.1 Å². The lowest BCUT2D eigenvalue weighted by Crippen LogP contribution is -2.47. The molecule has 7 nitrogen and oxygen atoms in total. The average molecular weight is 338 g/mol. The molecular formula is C15H18N2O5S. The van der Waals surface area contributed by atoms with Crippen molar-refractivity contribution in [2.24, 2.45) is 5.92 Å². The second-order valence-electron chi connectivity index (χ2n) is 5.89. The highest BCUT2D eigenvalue weighted by molar-refractivity contribution is 7.89. The molecule has 1 aromatic carbocycles. The van der Waals surface area contributed by atoms with E-state index in [9.17, 15) is 23.3 Å². The van der Waals surface area contributed by atoms with Gasteiger partial charge in [0.2, 0.25) is 0 Å². The van der Waals surface area contributed by atoms with Gasteiger partial charge in [-0.15, -0.1) is 0 Å². The van der Waals surface area contributed by atoms with E-state index in [1.807, 2.05) is 0 Å². The number of benzene rings is 1. The van der Waals surface area contributed by atoms with E-state index in [0.717, 1.165) is 16.4 Å². The van der Waals surface area contributed by atoms with Crippen LogP contribution in [-0.2, 0) is 14.8 Å². The largest absolute Gasteiger partial charge is 0.297 e. The number of sulfonamides is 1. The zero-order valence-corrected chi connectivity index (χ0v) is 13.9. The summed E-state index contributed by atoms with van der Waals surface area (Å²) in [5.41, 5.74) is 0.475. The number of carbonyl (C=O) groups excluding carboxylic acids is 1. The van der Waals surface area contributed by atoms with Crippen LogP contribution in [0.25, 0.3) is 0 Å². The van der Waals surface area contributed by atoms with E-state index in [1.165, 1.54) is 18.3 Å². The fraction of sp³-hybridized carbons (Fsp3) is 0.400. The van der Waals surface area contributed by atoms with Crippen molar-refractivity contribution in [1.29, 1.82) is 0 Å². The van der Waals surface area contributed by atoms with Crippen LogP contribution in [-0.4, -0.2) is 29.5 Å². The molecule has 0 N–H and O–H groups in total. The number of ketones is 1. The summed E-state index contributed by atoms with van der Waals surface area (Å²) in [5, 5.41) is 10.7. The van der Waals surface area contributed by atoms with E-state index >= 15 is 0 Å². The number of hydrogen-bond acceptors (Lipinski definition) is 5. The summed E-state index contributed by atoms with van der Waals surface area (Å²) in [7, 11) is -3.95. The molecule has 8 heteroatoms. The topological polar surface area (TPSA) is 97.6 Å². The van der Waals surface area contributed by atoms with Crippen molar-refractivity contribution in [3.63, 3.8) is 0 Å². The Morgan fingerprint density at radius 1 is 1.26 bits per heavy atom. The summed E-state index contributed by atoms with van der Waals surface area (Å²) < 4.78 is 26.8. The molecule has 124 valence electrons. The lowest BCUT2D eigenvalue weighted by atomic mass is 9.93. The van der Waals surface area contributed by atoms with E-state index < -0.39 is 21.0 Å². The van der Waals surface area contributed by atoms with Crippen LogP contribution in [0.5, 0.6) is 0 Å². The Morgan fingerprint density at radius 3 is 2.30 bits per heavy atom. The molecule has 0 fully saturated rings. The molecule has 1 atom stereocenters. The molecule has 0 bridgehead atoms. The first-order valence-electron chi connectivity index (χ1n) is 7.12. The Balaban J connectivity index is 2.49. The maximum atomic E-state index is 12.8. The number of nitro benzene ring substituents is 1. The summed E-state index contributed by atoms with van der Waals surface area (Å²) >= 11 is 0. The fourth-order valence-corrected chi connectivity index (χ4v) is 4.31. The second kappa shape index (κ2) is 6.11. The second-order valence-corrected chi connectivity index (χ2v) is 7.74. The van der Waals surface area contributed by atoms with E-state index in [1.54, 1.807) is 20.8 Å². The van der Waals surface area contributed by atoms with E-state index in [2.05, 4.69) is 0 Å². The molecule has 0 amide bonds. The molecule has 0 aromatic heterocycles. The van der Waals surface area contributed by atoms with Gasteiger partial charge in [-0.3, -0.25) is 19.2 Å². The van der Waals surface area contributed by atoms with Crippen LogP contribution in [0, 0.1) is 16.0 Å². The van der Waals surface area contributed by atoms with Gasteiger partial charge in [0.15, 0.2) is 5.78 Å². The molecular weight excluding hydrogens is 320 g/mol. The highest BCUT2D eigenvalue weighted by Crippen LogP contribution is 2.29. The van der Waals surface area contributed by atoms with Crippen molar-refractivity contribution in [3.8, 4) is 0 Å². The minimum absolute atomic E-state index is 0.0764. The first kappa shape index (κ1) is 17.1. The number of carbonyl (C=O) groups is 1. The fourth-order valence-electron chi connectivity index (χ4n) is 2.61. The van der Waals surface area contributed by atoms with Gasteiger partial charge in [-0.05, 0) is 30.5 Å². The normalized spacial score (nSPS) is 19.0. The first-order chi connectivity index (χ1) is 10.6. The van der Waals surface area contributed by atoms with Crippen LogP contribution in [0.15, 0.2) is 40.9 Å². The molecule has 0 radical (unpaired) electrons. The van der Waals surface area contributed by atoms with E-state index in [0.29, 0.717) is 5.57 Å². The smallest absolute Gasteiger partial charge is 0.269 e. The predicted octanol–water partition coefficient (Wildman–Crippen LogP) is 2.49. The summed E-state index contributed by atoms with van der Waals surface area (Å²) in [4.78, 5) is 22.3. The zero-order chi connectivity index (χ0) is 17.4. The summed E-state index contributed by atoms with van der Waals surface area (Å²) in [5.74, 6) is -0.329. The van der Waals surface area contributed by atoms with Gasteiger partial charge < -0.3 is 0 Å². The molecule has 1 heterocycles. The van der Waals surface area contributed by atoms with Crippen LogP contribution in [0.4, 0.5) is 5.69 Å². The standard InChI is InChI=1S/C15H18N2O5S/c1-10(2)15-14(18)8-11(3)9-16(15)23(21,22)13-6-4-12(5-7-13)17(19)20/h4-7,9-10,15H,8H2,1-3H3/t15-/m0/s1. The molecule has 0 aliphatic carbocycles. The first-order valence-corrected chi connectivity index (χ1v) is 8.56. The van der Waals surface area contributed by atoms with Crippen LogP contribution in [0.3, 0.4) is 0 Å². The number of nitrogens with zero attached hydrogens (tertiary/aromatic N) is 2. The van der Waals surface area contributed by atoms with Crippen LogP contribution >= 0.6 is 0 Å². The zero-order valence-electron chi connectivity index (χ0n) is 13.1. The minimum atomic E-state index is -3.95. The Hall–Kier alpha value is -2.22. The van der Waals surface area contributed by atoms with Crippen molar-refractivity contribution in [1.82, 2.24) is 4.31 Å². The summed E-state index contributed by atoms with van der Waals surface area (Å²) in [6.45, 7) is 5.28. The molecule has 1 aliphatic heterocycles. The maximum absolute atomic E-state index is 12.8. The number of hydrogen-bond donors (Lipinski definition) is 0. The third-order valence-corrected chi connectivity index (χ3v) is 5.41. The molecule has 1 aliphatic rings. The predicted molar refractivity (Wildman–Crippen MR) is 84.1 cm³/mol. The molecule has 23 heavy (non-hydrogen) atoms. The molecule has 0 unspecified atom stereocenters. The summed E-state index contributed by atoms with van der Waals surface area (Å²) in [6.07, 6.45) is 1.71. The van der Waals surface area contributed by atoms with Crippen molar-refractivity contribution in [2.75, 3.05) is 0 Å². The Morgan fingerprint density at radius 2 is 1.83 bits per heavy atom. The third-order valence-electron chi connectivity index (χ3n) is 3.66. The minimum Gasteiger partial charge on any atom is -0.297 e. The van der Waals surface area contributed by atoms with Crippen LogP contribution < -0.4 is 0 Å². The van der Waals surface area contributed by atoms with Gasteiger partial charge in [0.25, 0.3) is 15.7 Å². The number of rotatable bonds is 4. The van der Waals surface area contributed by atoms with Gasteiger partial charge in [0.05, 0.1) is 9.82 Å². The molecule has 2 rings (SSSR count). The van der Waals surface area contributed by atoms with Gasteiger partial charge in [0, 0.05) is 24.8 Å². The highest BCUT2D eigenvalue weighted by Gasteiger charge is 2.38. The van der Waals surface area contributed by atoms with Gasteiger partial charge in [-0.1, -0.05) is 13.8 Å². The Kier molecular flexibility index (Phi) is 4.56. The van der Waals surface area contributed by atoms with Crippen LogP contribution in [0.1, 0.15) is 27.2 Å². The van der Waals surface area contributed by atoms with Gasteiger partial charge >= 0.3 is 0 Å². The monoisotopic (exact) mass is 338 g/mol. The molecule has 1 aromatic rings. The number of non-ortho nitro benzene ring substituents is 1. The Labute approximate surface area is 134 Å². The molecule has 0 saturated carbocycles. The average Bonchev–Trinajstić information content (AvgIpc) is 2.45. The number of allylic oxidation sites excluding steroid dienone is 1. The lowest BCUT2D eigenvalue weighted by molar-refractivity contribution is -0.384. The number of nitro groups is 1. The molecule has 0 saturated heterocycles. The highest BCUT2D eigenvalue weighted by atomic mass is 32.2. The van der Waals surface area contributed by atoms with Crippen molar-refractivity contribution in [3.05, 3.63) is 46.2 Å². The number of Topliss-reactive ketones (excluding diaryl/α,β-unsaturated/α-hetero) is 1. The van der Waals surface area contributed by atoms with Crippen molar-refractivity contribution in [2.45, 2.75) is 38.1 Å². The quantitative estimate of drug-likeness (QED) is 0.620. The summed E-state index contributed by atoms with van der Waals surface area (Å²) in [6, 6.07) is 3.89. The van der Waals surface area contributed by atoms with Gasteiger partial charge in [-0.25, -0.2) is 8.42 Å². The van der Waals surface area contributed by atoms with Crippen molar-refractivity contribution >= 4 is 21.5 Å².